The van der Waals surface area contributed by atoms with Crippen molar-refractivity contribution in [3.8, 4) is 0 Å². The first kappa shape index (κ1) is 23.7. The Kier molecular flexibility index (Phi) is 7.46. The first-order chi connectivity index (χ1) is 16.5. The van der Waals surface area contributed by atoms with E-state index in [1.54, 1.807) is 37.9 Å². The van der Waals surface area contributed by atoms with Crippen LogP contribution in [0.4, 0.5) is 17.3 Å². The van der Waals surface area contributed by atoms with E-state index >= 15 is 0 Å². The number of nitrogens with zero attached hydrogens (tertiary/aromatic N) is 4. The van der Waals surface area contributed by atoms with E-state index < -0.39 is 0 Å². The lowest BCUT2D eigenvalue weighted by molar-refractivity contribution is 0.0952. The molecule has 182 valence electrons. The zero-order valence-electron chi connectivity index (χ0n) is 20.0. The lowest BCUT2D eigenvalue weighted by Crippen LogP contribution is -2.27. The molecule has 0 aliphatic heterocycles. The van der Waals surface area contributed by atoms with E-state index in [9.17, 15) is 9.59 Å². The Morgan fingerprint density at radius 1 is 1.15 bits per heavy atom. The summed E-state index contributed by atoms with van der Waals surface area (Å²) in [5.41, 5.74) is 1.27. The lowest BCUT2D eigenvalue weighted by Gasteiger charge is -2.24. The number of carbonyl (C=O) groups excluding carboxylic acids is 1. The van der Waals surface area contributed by atoms with Crippen LogP contribution in [0.1, 0.15) is 61.3 Å². The Balaban J connectivity index is 0.000000868. The topological polar surface area (TPSA) is 115 Å². The number of fused-ring (bicyclic) bond motifs is 1. The van der Waals surface area contributed by atoms with Crippen LogP contribution in [-0.2, 0) is 4.74 Å². The van der Waals surface area contributed by atoms with Gasteiger partial charge >= 0.3 is 0 Å². The molecular formula is C24H33N7O3. The molecule has 3 heterocycles. The van der Waals surface area contributed by atoms with Crippen LogP contribution >= 0.6 is 0 Å². The number of ether oxygens (including phenoxy) is 1. The molecule has 0 spiro atoms. The Morgan fingerprint density at radius 2 is 1.88 bits per heavy atom. The molecule has 0 aromatic carbocycles. The maximum Gasteiger partial charge on any atom is 0.274 e. The summed E-state index contributed by atoms with van der Waals surface area (Å²) >= 11 is 0. The zero-order chi connectivity index (χ0) is 24.1. The fraction of sp³-hybridized carbons (Fsp3) is 0.500. The van der Waals surface area contributed by atoms with Gasteiger partial charge in [0.1, 0.15) is 22.9 Å². The summed E-state index contributed by atoms with van der Waals surface area (Å²) in [5, 5.41) is 13.6. The van der Waals surface area contributed by atoms with Gasteiger partial charge in [-0.2, -0.15) is 9.61 Å². The number of methoxy groups -OCH3 is 1. The Labute approximate surface area is 198 Å². The first-order valence-corrected chi connectivity index (χ1v) is 11.8. The monoisotopic (exact) mass is 467 g/mol. The Morgan fingerprint density at radius 3 is 2.56 bits per heavy atom. The van der Waals surface area contributed by atoms with Gasteiger partial charge in [0.2, 0.25) is 0 Å². The minimum absolute atomic E-state index is 0.0534. The summed E-state index contributed by atoms with van der Waals surface area (Å²) in [6.07, 6.45) is 11.0. The molecule has 2 fully saturated rings. The van der Waals surface area contributed by atoms with Gasteiger partial charge in [0.25, 0.3) is 11.5 Å². The number of pyridine rings is 1. The summed E-state index contributed by atoms with van der Waals surface area (Å²) < 4.78 is 7.69. The summed E-state index contributed by atoms with van der Waals surface area (Å²) in [4.78, 5) is 30.3. The third kappa shape index (κ3) is 5.22. The van der Waals surface area contributed by atoms with E-state index in [0.717, 1.165) is 38.5 Å². The molecule has 2 saturated carbocycles. The molecule has 0 radical (unpaired) electrons. The highest BCUT2D eigenvalue weighted by Crippen LogP contribution is 2.28. The van der Waals surface area contributed by atoms with Crippen LogP contribution in [0.25, 0.3) is 5.65 Å². The molecule has 3 N–H and O–H groups in total. The fourth-order valence-electron chi connectivity index (χ4n) is 4.25. The van der Waals surface area contributed by atoms with Crippen LogP contribution < -0.4 is 21.5 Å². The van der Waals surface area contributed by atoms with E-state index in [0.29, 0.717) is 28.5 Å². The van der Waals surface area contributed by atoms with Crippen molar-refractivity contribution in [1.29, 1.82) is 0 Å². The summed E-state index contributed by atoms with van der Waals surface area (Å²) in [6, 6.07) is 5.93. The van der Waals surface area contributed by atoms with Crippen molar-refractivity contribution in [1.82, 2.24) is 24.5 Å². The summed E-state index contributed by atoms with van der Waals surface area (Å²) in [7, 11) is 5.03. The van der Waals surface area contributed by atoms with Crippen molar-refractivity contribution in [2.75, 3.05) is 31.9 Å². The highest BCUT2D eigenvalue weighted by Gasteiger charge is 2.26. The lowest BCUT2D eigenvalue weighted by atomic mass is 9.95. The molecule has 2 aliphatic rings. The van der Waals surface area contributed by atoms with Gasteiger partial charge in [-0.3, -0.25) is 9.59 Å². The van der Waals surface area contributed by atoms with Crippen LogP contribution in [0.5, 0.6) is 0 Å². The normalized spacial score (nSPS) is 16.0. The number of carbonyl (C=O) groups is 1. The first-order valence-electron chi connectivity index (χ1n) is 11.8. The van der Waals surface area contributed by atoms with Crippen molar-refractivity contribution >= 4 is 28.9 Å². The molecule has 0 bridgehead atoms. The molecule has 2 aliphatic carbocycles. The number of amides is 1. The molecule has 3 aromatic heterocycles. The maximum atomic E-state index is 13.1. The predicted octanol–water partition coefficient (Wildman–Crippen LogP) is 3.34. The summed E-state index contributed by atoms with van der Waals surface area (Å²) in [6.45, 7) is 0. The van der Waals surface area contributed by atoms with Crippen LogP contribution in [-0.4, -0.2) is 52.4 Å². The molecule has 0 unspecified atom stereocenters. The van der Waals surface area contributed by atoms with E-state index in [1.807, 2.05) is 16.8 Å². The highest BCUT2D eigenvalue weighted by molar-refractivity contribution is 6.00. The van der Waals surface area contributed by atoms with Crippen molar-refractivity contribution < 1.29 is 9.53 Å². The van der Waals surface area contributed by atoms with E-state index in [-0.39, 0.29) is 23.6 Å². The Hall–Kier alpha value is -3.40. The molecular weight excluding hydrogens is 434 g/mol. The molecule has 34 heavy (non-hydrogen) atoms. The van der Waals surface area contributed by atoms with E-state index in [2.05, 4.69) is 30.8 Å². The smallest absolute Gasteiger partial charge is 0.274 e. The second kappa shape index (κ2) is 10.7. The third-order valence-electron chi connectivity index (χ3n) is 6.09. The molecule has 10 heteroatoms. The minimum atomic E-state index is -0.177. The number of aromatic nitrogens is 4. The number of hydrogen-bond donors (Lipinski definition) is 3. The average Bonchev–Trinajstić information content (AvgIpc) is 3.56. The van der Waals surface area contributed by atoms with Gasteiger partial charge in [-0.25, -0.2) is 4.98 Å². The molecule has 5 rings (SSSR count). The van der Waals surface area contributed by atoms with E-state index in [1.165, 1.54) is 12.6 Å². The van der Waals surface area contributed by atoms with Crippen LogP contribution in [0, 0.1) is 0 Å². The minimum Gasteiger partial charge on any atom is -0.388 e. The van der Waals surface area contributed by atoms with Gasteiger partial charge in [-0.05, 0) is 37.8 Å². The van der Waals surface area contributed by atoms with E-state index in [4.69, 9.17) is 0 Å². The van der Waals surface area contributed by atoms with Crippen molar-refractivity contribution in [3.05, 3.63) is 46.5 Å². The second-order valence-electron chi connectivity index (χ2n) is 8.78. The predicted molar refractivity (Wildman–Crippen MR) is 132 cm³/mol. The van der Waals surface area contributed by atoms with Gasteiger partial charge in [0, 0.05) is 45.6 Å². The largest absolute Gasteiger partial charge is 0.388 e. The fourth-order valence-corrected chi connectivity index (χ4v) is 4.25. The van der Waals surface area contributed by atoms with Crippen LogP contribution in [0.2, 0.25) is 0 Å². The number of nitrogens with one attached hydrogen (secondary N) is 3. The van der Waals surface area contributed by atoms with Gasteiger partial charge < -0.3 is 25.3 Å². The molecule has 3 aromatic rings. The molecule has 0 saturated heterocycles. The second-order valence-corrected chi connectivity index (χ2v) is 8.78. The quantitative estimate of drug-likeness (QED) is 0.509. The molecule has 10 nitrogen and oxygen atoms in total. The van der Waals surface area contributed by atoms with Crippen LogP contribution in [0.3, 0.4) is 0 Å². The van der Waals surface area contributed by atoms with Crippen molar-refractivity contribution in [2.24, 2.45) is 0 Å². The number of anilines is 3. The highest BCUT2D eigenvalue weighted by atomic mass is 16.4. The third-order valence-corrected chi connectivity index (χ3v) is 6.09. The van der Waals surface area contributed by atoms with Crippen molar-refractivity contribution in [2.45, 2.75) is 57.0 Å². The van der Waals surface area contributed by atoms with Crippen molar-refractivity contribution in [3.63, 3.8) is 0 Å². The molecule has 0 atom stereocenters. The zero-order valence-corrected chi connectivity index (χ0v) is 20.0. The summed E-state index contributed by atoms with van der Waals surface area (Å²) in [5.74, 6) is 0.974. The van der Waals surface area contributed by atoms with Gasteiger partial charge in [-0.15, -0.1) is 0 Å². The van der Waals surface area contributed by atoms with Crippen LogP contribution in [0.15, 0.2) is 35.4 Å². The van der Waals surface area contributed by atoms with Gasteiger partial charge in [0.15, 0.2) is 5.65 Å². The Bertz CT molecular complexity index is 1190. The number of hydrogen-bond acceptors (Lipinski definition) is 7. The number of rotatable bonds is 6. The van der Waals surface area contributed by atoms with Gasteiger partial charge in [0.05, 0.1) is 6.20 Å². The van der Waals surface area contributed by atoms with Gasteiger partial charge in [-0.1, -0.05) is 19.3 Å². The maximum absolute atomic E-state index is 13.1. The standard InChI is InChI=1S/C22H27N7O2.C2H6O/c1-23-19-12-18(27-20-16(13-24-29(19)20)21(30)25-14-9-10-14)26-17-8-5-11-28(22(17)31)15-6-3-2-4-7-15;1-3-2/h5,8,11-15,23H,2-4,6-7,9-10H2,1H3,(H,25,30)(H,26,27);1-2H3. The molecule has 1 amide bonds. The average molecular weight is 468 g/mol. The SMILES string of the molecule is CNc1cc(Nc2cccn(C3CCCCC3)c2=O)nc2c(C(=O)NC3CC3)cnn12.COC.